The molecule has 0 aliphatic carbocycles. The van der Waals surface area contributed by atoms with Crippen molar-refractivity contribution in [2.24, 2.45) is 5.92 Å². The fourth-order valence-corrected chi connectivity index (χ4v) is 2.13. The van der Waals surface area contributed by atoms with Crippen molar-refractivity contribution in [1.29, 1.82) is 0 Å². The van der Waals surface area contributed by atoms with E-state index in [2.05, 4.69) is 10.6 Å². The van der Waals surface area contributed by atoms with Gasteiger partial charge in [-0.15, -0.1) is 0 Å². The van der Waals surface area contributed by atoms with Crippen LogP contribution in [0, 0.1) is 11.7 Å². The maximum Gasteiger partial charge on any atom is 0.255 e. The van der Waals surface area contributed by atoms with E-state index in [9.17, 15) is 14.0 Å². The highest BCUT2D eigenvalue weighted by Crippen LogP contribution is 2.20. The van der Waals surface area contributed by atoms with Crippen molar-refractivity contribution in [3.63, 3.8) is 0 Å². The average Bonchev–Trinajstić information content (AvgIpc) is 2.56. The lowest BCUT2D eigenvalue weighted by Gasteiger charge is -2.09. The number of carbonyl (C=O) groups is 2. The van der Waals surface area contributed by atoms with Gasteiger partial charge in [0.1, 0.15) is 5.82 Å². The van der Waals surface area contributed by atoms with Gasteiger partial charge in [-0.05, 0) is 48.4 Å². The second kappa shape index (κ2) is 7.93. The minimum atomic E-state index is -0.550. The van der Waals surface area contributed by atoms with Crippen LogP contribution < -0.4 is 10.6 Å². The summed E-state index contributed by atoms with van der Waals surface area (Å²) in [6, 6.07) is 10.2. The van der Waals surface area contributed by atoms with Crippen LogP contribution in [0.4, 0.5) is 10.1 Å². The molecular weight excluding hydrogens is 331 g/mol. The summed E-state index contributed by atoms with van der Waals surface area (Å²) >= 11 is 5.68. The molecule has 0 saturated heterocycles. The highest BCUT2D eigenvalue weighted by Gasteiger charge is 2.10. The minimum absolute atomic E-state index is 0.0648. The molecule has 0 radical (unpaired) electrons. The predicted octanol–water partition coefficient (Wildman–Crippen LogP) is 4.12. The second-order valence-electron chi connectivity index (χ2n) is 5.76. The number of benzene rings is 2. The normalized spacial score (nSPS) is 10.5. The third-order valence-corrected chi connectivity index (χ3v) is 3.55. The first-order valence-electron chi connectivity index (χ1n) is 7.51. The Balaban J connectivity index is 2.02. The van der Waals surface area contributed by atoms with Crippen molar-refractivity contribution in [2.45, 2.75) is 13.8 Å². The number of carbonyl (C=O) groups excluding carboxylic acids is 2. The fraction of sp³-hybridized carbons (Fsp3) is 0.222. The van der Waals surface area contributed by atoms with Crippen LogP contribution in [0.3, 0.4) is 0 Å². The van der Waals surface area contributed by atoms with Crippen molar-refractivity contribution >= 4 is 29.1 Å². The monoisotopic (exact) mass is 348 g/mol. The highest BCUT2D eigenvalue weighted by atomic mass is 35.5. The predicted molar refractivity (Wildman–Crippen MR) is 93.0 cm³/mol. The summed E-state index contributed by atoms with van der Waals surface area (Å²) in [5.74, 6) is -0.735. The van der Waals surface area contributed by atoms with Crippen molar-refractivity contribution in [2.75, 3.05) is 11.9 Å². The van der Waals surface area contributed by atoms with E-state index in [-0.39, 0.29) is 16.8 Å². The van der Waals surface area contributed by atoms with Gasteiger partial charge in [-0.2, -0.15) is 0 Å². The van der Waals surface area contributed by atoms with Gasteiger partial charge in [-0.3, -0.25) is 9.59 Å². The highest BCUT2D eigenvalue weighted by molar-refractivity contribution is 6.31. The first-order chi connectivity index (χ1) is 11.4. The van der Waals surface area contributed by atoms with Gasteiger partial charge < -0.3 is 10.6 Å². The molecule has 0 aliphatic heterocycles. The molecule has 126 valence electrons. The SMILES string of the molecule is CC(C)CNC(=O)c1ccc(C(=O)Nc2ccc(F)c(Cl)c2)cc1. The Morgan fingerprint density at radius 1 is 1.04 bits per heavy atom. The van der Waals surface area contributed by atoms with E-state index < -0.39 is 5.82 Å². The van der Waals surface area contributed by atoms with Crippen LogP contribution in [0.25, 0.3) is 0 Å². The molecule has 2 aromatic rings. The summed E-state index contributed by atoms with van der Waals surface area (Å²) in [6.07, 6.45) is 0. The van der Waals surface area contributed by atoms with Crippen molar-refractivity contribution in [3.05, 3.63) is 64.4 Å². The molecule has 0 unspecified atom stereocenters. The van der Waals surface area contributed by atoms with Gasteiger partial charge in [0.2, 0.25) is 0 Å². The minimum Gasteiger partial charge on any atom is -0.352 e. The van der Waals surface area contributed by atoms with E-state index in [1.54, 1.807) is 24.3 Å². The molecule has 2 amide bonds. The molecule has 2 aromatic carbocycles. The van der Waals surface area contributed by atoms with Crippen molar-refractivity contribution < 1.29 is 14.0 Å². The van der Waals surface area contributed by atoms with E-state index in [1.807, 2.05) is 13.8 Å². The van der Waals surface area contributed by atoms with E-state index in [0.29, 0.717) is 29.3 Å². The van der Waals surface area contributed by atoms with Crippen molar-refractivity contribution in [3.8, 4) is 0 Å². The Morgan fingerprint density at radius 2 is 1.62 bits per heavy atom. The Labute approximate surface area is 145 Å². The maximum atomic E-state index is 13.1. The maximum absolute atomic E-state index is 13.1. The molecule has 6 heteroatoms. The molecule has 2 N–H and O–H groups in total. The summed E-state index contributed by atoms with van der Waals surface area (Å²) < 4.78 is 13.1. The number of amides is 2. The molecule has 24 heavy (non-hydrogen) atoms. The molecule has 0 bridgehead atoms. The first-order valence-corrected chi connectivity index (χ1v) is 7.89. The van der Waals surface area contributed by atoms with Gasteiger partial charge in [0.05, 0.1) is 5.02 Å². The second-order valence-corrected chi connectivity index (χ2v) is 6.17. The van der Waals surface area contributed by atoms with E-state index in [4.69, 9.17) is 11.6 Å². The summed E-state index contributed by atoms with van der Waals surface area (Å²) in [5, 5.41) is 5.37. The van der Waals surface area contributed by atoms with Gasteiger partial charge in [0, 0.05) is 23.4 Å². The lowest BCUT2D eigenvalue weighted by molar-refractivity contribution is 0.0947. The molecule has 0 fully saturated rings. The zero-order valence-electron chi connectivity index (χ0n) is 13.4. The molecular formula is C18H18ClFN2O2. The summed E-state index contributed by atoms with van der Waals surface area (Å²) in [5.41, 5.74) is 1.26. The Hall–Kier alpha value is -2.40. The topological polar surface area (TPSA) is 58.2 Å². The number of halogens is 2. The van der Waals surface area contributed by atoms with Crippen molar-refractivity contribution in [1.82, 2.24) is 5.32 Å². The van der Waals surface area contributed by atoms with Gasteiger partial charge in [0.25, 0.3) is 11.8 Å². The van der Waals surface area contributed by atoms with Gasteiger partial charge in [0.15, 0.2) is 0 Å². The van der Waals surface area contributed by atoms with Gasteiger partial charge >= 0.3 is 0 Å². The molecule has 4 nitrogen and oxygen atoms in total. The van der Waals surface area contributed by atoms with Crippen LogP contribution in [0.1, 0.15) is 34.6 Å². The van der Waals surface area contributed by atoms with Crippen LogP contribution >= 0.6 is 11.6 Å². The third kappa shape index (κ3) is 4.80. The Bertz CT molecular complexity index is 745. The number of anilines is 1. The molecule has 0 aliphatic rings. The van der Waals surface area contributed by atoms with E-state index in [0.717, 1.165) is 0 Å². The van der Waals surface area contributed by atoms with Gasteiger partial charge in [-0.1, -0.05) is 25.4 Å². The van der Waals surface area contributed by atoms with Crippen LogP contribution in [0.5, 0.6) is 0 Å². The van der Waals surface area contributed by atoms with Crippen LogP contribution in [0.15, 0.2) is 42.5 Å². The Morgan fingerprint density at radius 3 is 2.17 bits per heavy atom. The molecule has 0 spiro atoms. The summed E-state index contributed by atoms with van der Waals surface area (Å²) in [6.45, 7) is 4.61. The molecule has 0 heterocycles. The summed E-state index contributed by atoms with van der Waals surface area (Å²) in [7, 11) is 0. The number of rotatable bonds is 5. The lowest BCUT2D eigenvalue weighted by atomic mass is 10.1. The lowest BCUT2D eigenvalue weighted by Crippen LogP contribution is -2.27. The number of nitrogens with one attached hydrogen (secondary N) is 2. The quantitative estimate of drug-likeness (QED) is 0.854. The standard InChI is InChI=1S/C18H18ClFN2O2/c1-11(2)10-21-17(23)12-3-5-13(6-4-12)18(24)22-14-7-8-16(20)15(19)9-14/h3-9,11H,10H2,1-2H3,(H,21,23)(H,22,24). The smallest absolute Gasteiger partial charge is 0.255 e. The first kappa shape index (κ1) is 17.9. The van der Waals surface area contributed by atoms with Crippen LogP contribution in [-0.4, -0.2) is 18.4 Å². The van der Waals surface area contributed by atoms with Crippen LogP contribution in [-0.2, 0) is 0 Å². The Kier molecular flexibility index (Phi) is 5.93. The molecule has 0 aromatic heterocycles. The summed E-state index contributed by atoms with van der Waals surface area (Å²) in [4.78, 5) is 24.1. The number of hydrogen-bond donors (Lipinski definition) is 2. The van der Waals surface area contributed by atoms with Gasteiger partial charge in [-0.25, -0.2) is 4.39 Å². The number of hydrogen-bond acceptors (Lipinski definition) is 2. The fourth-order valence-electron chi connectivity index (χ4n) is 1.95. The van der Waals surface area contributed by atoms with E-state index in [1.165, 1.54) is 18.2 Å². The average molecular weight is 349 g/mol. The molecule has 2 rings (SSSR count). The molecule has 0 atom stereocenters. The zero-order chi connectivity index (χ0) is 17.7. The zero-order valence-corrected chi connectivity index (χ0v) is 14.2. The molecule has 0 saturated carbocycles. The largest absolute Gasteiger partial charge is 0.352 e. The van der Waals surface area contributed by atoms with Crippen LogP contribution in [0.2, 0.25) is 5.02 Å². The van der Waals surface area contributed by atoms with E-state index >= 15 is 0 Å². The third-order valence-electron chi connectivity index (χ3n) is 3.26.